The third kappa shape index (κ3) is 2.80. The van der Waals surface area contributed by atoms with E-state index in [0.29, 0.717) is 5.69 Å². The lowest BCUT2D eigenvalue weighted by molar-refractivity contribution is 0.0984. The molecule has 2 heterocycles. The quantitative estimate of drug-likeness (QED) is 0.837. The van der Waals surface area contributed by atoms with Gasteiger partial charge in [0.2, 0.25) is 15.0 Å². The average molecular weight is 308 g/mol. The van der Waals surface area contributed by atoms with Crippen LogP contribution in [0.25, 0.3) is 0 Å². The van der Waals surface area contributed by atoms with E-state index >= 15 is 0 Å². The molecule has 0 N–H and O–H groups in total. The van der Waals surface area contributed by atoms with Gasteiger partial charge in [0.25, 0.3) is 5.91 Å². The minimum Gasteiger partial charge on any atom is -0.314 e. The van der Waals surface area contributed by atoms with E-state index in [2.05, 4.69) is 9.97 Å². The Labute approximate surface area is 123 Å². The van der Waals surface area contributed by atoms with Crippen molar-refractivity contribution in [3.8, 4) is 0 Å². The van der Waals surface area contributed by atoms with E-state index in [1.54, 1.807) is 31.6 Å². The van der Waals surface area contributed by atoms with E-state index in [-0.39, 0.29) is 22.5 Å². The summed E-state index contributed by atoms with van der Waals surface area (Å²) in [5.74, 6) is -0.417. The fourth-order valence-corrected chi connectivity index (χ4v) is 2.84. The van der Waals surface area contributed by atoms with E-state index in [0.717, 1.165) is 0 Å². The van der Waals surface area contributed by atoms with Crippen LogP contribution in [0.1, 0.15) is 17.4 Å². The molecule has 8 heteroatoms. The maximum absolute atomic E-state index is 12.4. The zero-order valence-corrected chi connectivity index (χ0v) is 12.8. The second-order valence-electron chi connectivity index (χ2n) is 4.46. The van der Waals surface area contributed by atoms with Gasteiger partial charge in [-0.15, -0.1) is 0 Å². The van der Waals surface area contributed by atoms with Crippen LogP contribution >= 0.6 is 0 Å². The first-order valence-corrected chi connectivity index (χ1v) is 7.96. The SMILES string of the molecule is CCS(=O)(=O)c1ncc(C(=O)N(C)c2cccnc2)n1C. The summed E-state index contributed by atoms with van der Waals surface area (Å²) in [7, 11) is -0.352. The largest absolute Gasteiger partial charge is 0.314 e. The summed E-state index contributed by atoms with van der Waals surface area (Å²) in [4.78, 5) is 21.6. The number of pyridine rings is 1. The van der Waals surface area contributed by atoms with Crippen molar-refractivity contribution in [3.63, 3.8) is 0 Å². The van der Waals surface area contributed by atoms with Crippen molar-refractivity contribution in [2.75, 3.05) is 17.7 Å². The van der Waals surface area contributed by atoms with Gasteiger partial charge in [-0.2, -0.15) is 0 Å². The molecule has 0 unspecified atom stereocenters. The lowest BCUT2D eigenvalue weighted by Crippen LogP contribution is -2.28. The van der Waals surface area contributed by atoms with Crippen LogP contribution in [0.5, 0.6) is 0 Å². The second kappa shape index (κ2) is 5.65. The van der Waals surface area contributed by atoms with Crippen LogP contribution in [0.15, 0.2) is 35.9 Å². The molecule has 0 atom stereocenters. The third-order valence-corrected chi connectivity index (χ3v) is 4.86. The Balaban J connectivity index is 2.38. The lowest BCUT2D eigenvalue weighted by atomic mass is 10.3. The Morgan fingerprint density at radius 1 is 1.38 bits per heavy atom. The van der Waals surface area contributed by atoms with Crippen LogP contribution < -0.4 is 4.90 Å². The predicted molar refractivity (Wildman–Crippen MR) is 77.9 cm³/mol. The minimum atomic E-state index is -3.46. The van der Waals surface area contributed by atoms with Gasteiger partial charge in [0.05, 0.1) is 23.8 Å². The Morgan fingerprint density at radius 3 is 2.67 bits per heavy atom. The molecule has 1 amide bonds. The van der Waals surface area contributed by atoms with Crippen molar-refractivity contribution >= 4 is 21.4 Å². The lowest BCUT2D eigenvalue weighted by Gasteiger charge is -2.16. The summed E-state index contributed by atoms with van der Waals surface area (Å²) in [6, 6.07) is 3.46. The van der Waals surface area contributed by atoms with Crippen LogP contribution in [0.3, 0.4) is 0 Å². The molecule has 0 aliphatic heterocycles. The summed E-state index contributed by atoms with van der Waals surface area (Å²) in [6.45, 7) is 1.53. The van der Waals surface area contributed by atoms with Gasteiger partial charge in [-0.1, -0.05) is 6.92 Å². The third-order valence-electron chi connectivity index (χ3n) is 3.16. The molecule has 0 saturated heterocycles. The zero-order chi connectivity index (χ0) is 15.6. The van der Waals surface area contributed by atoms with Crippen LogP contribution in [0, 0.1) is 0 Å². The van der Waals surface area contributed by atoms with Crippen LogP contribution in [0.2, 0.25) is 0 Å². The van der Waals surface area contributed by atoms with E-state index in [1.165, 1.54) is 29.6 Å². The van der Waals surface area contributed by atoms with Gasteiger partial charge < -0.3 is 9.47 Å². The molecule has 2 rings (SSSR count). The minimum absolute atomic E-state index is 0.0655. The Kier molecular flexibility index (Phi) is 4.08. The highest BCUT2D eigenvalue weighted by Crippen LogP contribution is 2.16. The molecule has 2 aromatic heterocycles. The fraction of sp³-hybridized carbons (Fsp3) is 0.308. The number of carbonyl (C=O) groups is 1. The predicted octanol–water partition coefficient (Wildman–Crippen LogP) is 0.885. The van der Waals surface area contributed by atoms with Crippen LogP contribution in [0.4, 0.5) is 5.69 Å². The molecular weight excluding hydrogens is 292 g/mol. The molecule has 0 fully saturated rings. The highest BCUT2D eigenvalue weighted by molar-refractivity contribution is 7.91. The summed E-state index contributed by atoms with van der Waals surface area (Å²) in [5.41, 5.74) is 0.817. The number of imidazole rings is 1. The number of carbonyl (C=O) groups excluding carboxylic acids is 1. The highest BCUT2D eigenvalue weighted by Gasteiger charge is 2.24. The monoisotopic (exact) mass is 308 g/mol. The molecule has 0 spiro atoms. The number of amides is 1. The summed E-state index contributed by atoms with van der Waals surface area (Å²) in [6.07, 6.45) is 4.44. The van der Waals surface area contributed by atoms with Gasteiger partial charge in [-0.3, -0.25) is 9.78 Å². The Bertz CT molecular complexity index is 753. The first kappa shape index (κ1) is 15.2. The van der Waals surface area contributed by atoms with Crippen molar-refractivity contribution in [2.24, 2.45) is 7.05 Å². The number of hydrogen-bond donors (Lipinski definition) is 0. The molecule has 21 heavy (non-hydrogen) atoms. The molecule has 0 saturated carbocycles. The fourth-order valence-electron chi connectivity index (χ4n) is 1.85. The van der Waals surface area contributed by atoms with Gasteiger partial charge in [0.1, 0.15) is 5.69 Å². The first-order valence-electron chi connectivity index (χ1n) is 6.31. The summed E-state index contributed by atoms with van der Waals surface area (Å²) in [5, 5.41) is -0.104. The number of rotatable bonds is 4. The van der Waals surface area contributed by atoms with Gasteiger partial charge in [-0.05, 0) is 12.1 Å². The molecule has 112 valence electrons. The number of hydrogen-bond acceptors (Lipinski definition) is 5. The summed E-state index contributed by atoms with van der Waals surface area (Å²) >= 11 is 0. The van der Waals surface area contributed by atoms with Gasteiger partial charge >= 0.3 is 0 Å². The van der Waals surface area contributed by atoms with Crippen LogP contribution in [-0.2, 0) is 16.9 Å². The van der Waals surface area contributed by atoms with E-state index in [9.17, 15) is 13.2 Å². The molecule has 0 radical (unpaired) electrons. The number of sulfone groups is 1. The Morgan fingerprint density at radius 2 is 2.10 bits per heavy atom. The van der Waals surface area contributed by atoms with Crippen LogP contribution in [-0.4, -0.2) is 41.7 Å². The molecule has 7 nitrogen and oxygen atoms in total. The molecule has 2 aromatic rings. The van der Waals surface area contributed by atoms with Gasteiger partial charge in [-0.25, -0.2) is 13.4 Å². The number of anilines is 1. The first-order chi connectivity index (χ1) is 9.88. The molecule has 0 aliphatic rings. The average Bonchev–Trinajstić information content (AvgIpc) is 2.89. The van der Waals surface area contributed by atoms with E-state index in [4.69, 9.17) is 0 Å². The molecular formula is C13H16N4O3S. The number of aromatic nitrogens is 3. The van der Waals surface area contributed by atoms with Crippen molar-refractivity contribution < 1.29 is 13.2 Å². The van der Waals surface area contributed by atoms with Crippen molar-refractivity contribution in [2.45, 2.75) is 12.1 Å². The zero-order valence-electron chi connectivity index (χ0n) is 12.0. The number of nitrogens with zero attached hydrogens (tertiary/aromatic N) is 4. The normalized spacial score (nSPS) is 11.4. The smallest absolute Gasteiger partial charge is 0.276 e. The summed E-state index contributed by atoms with van der Waals surface area (Å²) < 4.78 is 25.1. The second-order valence-corrected chi connectivity index (χ2v) is 6.64. The maximum atomic E-state index is 12.4. The van der Waals surface area contributed by atoms with Gasteiger partial charge in [0, 0.05) is 20.3 Å². The highest BCUT2D eigenvalue weighted by atomic mass is 32.2. The molecule has 0 bridgehead atoms. The standard InChI is InChI=1S/C13H16N4O3S/c1-4-21(19,20)13-15-9-11(17(13)3)12(18)16(2)10-6-5-7-14-8-10/h5-9H,4H2,1-3H3. The van der Waals surface area contributed by atoms with Crippen molar-refractivity contribution in [1.82, 2.24) is 14.5 Å². The van der Waals surface area contributed by atoms with Crippen molar-refractivity contribution in [3.05, 3.63) is 36.4 Å². The van der Waals surface area contributed by atoms with E-state index < -0.39 is 9.84 Å². The Hall–Kier alpha value is -2.22. The molecule has 0 aliphatic carbocycles. The molecule has 0 aromatic carbocycles. The van der Waals surface area contributed by atoms with Crippen molar-refractivity contribution in [1.29, 1.82) is 0 Å². The van der Waals surface area contributed by atoms with E-state index in [1.807, 2.05) is 0 Å². The topological polar surface area (TPSA) is 85.2 Å². The van der Waals surface area contributed by atoms with Gasteiger partial charge in [0.15, 0.2) is 0 Å². The maximum Gasteiger partial charge on any atom is 0.276 e.